The summed E-state index contributed by atoms with van der Waals surface area (Å²) in [5, 5.41) is 13.5. The molecule has 4 nitrogen and oxygen atoms in total. The predicted molar refractivity (Wildman–Crippen MR) is 77.3 cm³/mol. The van der Waals surface area contributed by atoms with Crippen molar-refractivity contribution in [1.29, 1.82) is 0 Å². The molecule has 0 radical (unpaired) electrons. The lowest BCUT2D eigenvalue weighted by Crippen LogP contribution is -2.48. The van der Waals surface area contributed by atoms with Crippen molar-refractivity contribution in [2.75, 3.05) is 13.1 Å². The molecule has 1 saturated heterocycles. The molecule has 1 fully saturated rings. The van der Waals surface area contributed by atoms with Crippen molar-refractivity contribution < 1.29 is 9.90 Å². The fourth-order valence-electron chi connectivity index (χ4n) is 3.54. The molecular weight excluding hydrogens is 252 g/mol. The molecule has 0 spiro atoms. The first-order valence-corrected chi connectivity index (χ1v) is 7.42. The van der Waals surface area contributed by atoms with Gasteiger partial charge in [0.15, 0.2) is 0 Å². The standard InChI is InChI=1S/C16H22N2O2/c1-11(19)17-13-6-8-18(9-7-13)15-10-12-4-2-3-5-14(12)16(15)20/h2-5,13,15-16,20H,6-10H2,1H3,(H,17,19). The van der Waals surface area contributed by atoms with E-state index in [0.717, 1.165) is 37.9 Å². The summed E-state index contributed by atoms with van der Waals surface area (Å²) in [5.74, 6) is 0.0526. The highest BCUT2D eigenvalue weighted by Crippen LogP contribution is 2.35. The van der Waals surface area contributed by atoms with Gasteiger partial charge in [0, 0.05) is 32.1 Å². The van der Waals surface area contributed by atoms with E-state index < -0.39 is 0 Å². The van der Waals surface area contributed by atoms with Crippen molar-refractivity contribution in [3.63, 3.8) is 0 Å². The van der Waals surface area contributed by atoms with Crippen LogP contribution < -0.4 is 5.32 Å². The van der Waals surface area contributed by atoms with E-state index in [-0.39, 0.29) is 18.1 Å². The summed E-state index contributed by atoms with van der Waals surface area (Å²) in [5.41, 5.74) is 2.36. The smallest absolute Gasteiger partial charge is 0.217 e. The average molecular weight is 274 g/mol. The Labute approximate surface area is 119 Å². The van der Waals surface area contributed by atoms with Crippen molar-refractivity contribution >= 4 is 5.91 Å². The second-order valence-electron chi connectivity index (χ2n) is 5.93. The normalized spacial score (nSPS) is 27.3. The summed E-state index contributed by atoms with van der Waals surface area (Å²) in [4.78, 5) is 13.5. The molecule has 2 N–H and O–H groups in total. The lowest BCUT2D eigenvalue weighted by atomic mass is 10.0. The van der Waals surface area contributed by atoms with Crippen LogP contribution in [0, 0.1) is 0 Å². The number of piperidine rings is 1. The lowest BCUT2D eigenvalue weighted by molar-refractivity contribution is -0.120. The van der Waals surface area contributed by atoms with Crippen molar-refractivity contribution in [3.8, 4) is 0 Å². The van der Waals surface area contributed by atoms with E-state index in [1.54, 1.807) is 6.92 Å². The molecule has 2 aliphatic rings. The molecule has 1 aromatic carbocycles. The van der Waals surface area contributed by atoms with Crippen molar-refractivity contribution in [2.45, 2.75) is 44.4 Å². The van der Waals surface area contributed by atoms with Gasteiger partial charge in [-0.1, -0.05) is 24.3 Å². The summed E-state index contributed by atoms with van der Waals surface area (Å²) >= 11 is 0. The van der Waals surface area contributed by atoms with Gasteiger partial charge in [-0.3, -0.25) is 9.69 Å². The SMILES string of the molecule is CC(=O)NC1CCN(C2Cc3ccccc3C2O)CC1. The average Bonchev–Trinajstić information content (AvgIpc) is 2.77. The molecule has 1 aromatic rings. The fraction of sp³-hybridized carbons (Fsp3) is 0.562. The molecule has 4 heteroatoms. The van der Waals surface area contributed by atoms with Crippen LogP contribution >= 0.6 is 0 Å². The topological polar surface area (TPSA) is 52.6 Å². The number of carbonyl (C=O) groups is 1. The van der Waals surface area contributed by atoms with Gasteiger partial charge in [0.05, 0.1) is 6.10 Å². The summed E-state index contributed by atoms with van der Waals surface area (Å²) in [7, 11) is 0. The van der Waals surface area contributed by atoms with Crippen molar-refractivity contribution in [1.82, 2.24) is 10.2 Å². The van der Waals surface area contributed by atoms with Gasteiger partial charge in [-0.2, -0.15) is 0 Å². The van der Waals surface area contributed by atoms with Crippen LogP contribution in [0.1, 0.15) is 37.0 Å². The summed E-state index contributed by atoms with van der Waals surface area (Å²) in [6.07, 6.45) is 2.50. The molecule has 2 unspecified atom stereocenters. The fourth-order valence-corrected chi connectivity index (χ4v) is 3.54. The second-order valence-corrected chi connectivity index (χ2v) is 5.93. The molecule has 20 heavy (non-hydrogen) atoms. The maximum atomic E-state index is 11.1. The largest absolute Gasteiger partial charge is 0.387 e. The van der Waals surface area contributed by atoms with Gasteiger partial charge in [0.2, 0.25) is 5.91 Å². The zero-order valence-electron chi connectivity index (χ0n) is 11.9. The molecule has 0 aromatic heterocycles. The first-order valence-electron chi connectivity index (χ1n) is 7.42. The van der Waals surface area contributed by atoms with Crippen LogP contribution in [0.2, 0.25) is 0 Å². The molecule has 1 amide bonds. The number of hydrogen-bond acceptors (Lipinski definition) is 3. The van der Waals surface area contributed by atoms with E-state index in [1.807, 2.05) is 18.2 Å². The molecule has 3 rings (SSSR count). The van der Waals surface area contributed by atoms with Gasteiger partial charge in [-0.05, 0) is 30.4 Å². The van der Waals surface area contributed by atoms with E-state index in [0.29, 0.717) is 6.04 Å². The Morgan fingerprint density at radius 3 is 2.65 bits per heavy atom. The van der Waals surface area contributed by atoms with E-state index >= 15 is 0 Å². The number of rotatable bonds is 2. The van der Waals surface area contributed by atoms with E-state index in [1.165, 1.54) is 5.56 Å². The Kier molecular flexibility index (Phi) is 3.76. The van der Waals surface area contributed by atoms with Gasteiger partial charge in [-0.25, -0.2) is 0 Å². The summed E-state index contributed by atoms with van der Waals surface area (Å²) in [6.45, 7) is 3.46. The predicted octanol–water partition coefficient (Wildman–Crippen LogP) is 1.25. The summed E-state index contributed by atoms with van der Waals surface area (Å²) < 4.78 is 0. The molecule has 1 heterocycles. The zero-order valence-corrected chi connectivity index (χ0v) is 11.9. The molecule has 0 bridgehead atoms. The number of carbonyl (C=O) groups excluding carboxylic acids is 1. The Morgan fingerprint density at radius 2 is 2.00 bits per heavy atom. The van der Waals surface area contributed by atoms with E-state index in [4.69, 9.17) is 0 Å². The highest BCUT2D eigenvalue weighted by atomic mass is 16.3. The summed E-state index contributed by atoms with van der Waals surface area (Å²) in [6, 6.07) is 8.67. The van der Waals surface area contributed by atoms with Crippen molar-refractivity contribution in [3.05, 3.63) is 35.4 Å². The van der Waals surface area contributed by atoms with E-state index in [9.17, 15) is 9.90 Å². The highest BCUT2D eigenvalue weighted by Gasteiger charge is 2.36. The number of fused-ring (bicyclic) bond motifs is 1. The van der Waals surface area contributed by atoms with Gasteiger partial charge in [0.25, 0.3) is 0 Å². The van der Waals surface area contributed by atoms with Crippen LogP contribution in [0.3, 0.4) is 0 Å². The maximum Gasteiger partial charge on any atom is 0.217 e. The number of nitrogens with one attached hydrogen (secondary N) is 1. The second kappa shape index (κ2) is 5.54. The highest BCUT2D eigenvalue weighted by molar-refractivity contribution is 5.73. The molecule has 2 atom stereocenters. The number of amides is 1. The molecular formula is C16H22N2O2. The lowest BCUT2D eigenvalue weighted by Gasteiger charge is -2.37. The minimum absolute atomic E-state index is 0.0526. The number of nitrogens with zero attached hydrogens (tertiary/aromatic N) is 1. The van der Waals surface area contributed by atoms with Crippen LogP contribution in [0.15, 0.2) is 24.3 Å². The third-order valence-electron chi connectivity index (χ3n) is 4.57. The van der Waals surface area contributed by atoms with Crippen LogP contribution in [0.5, 0.6) is 0 Å². The van der Waals surface area contributed by atoms with Crippen LogP contribution in [0.25, 0.3) is 0 Å². The molecule has 1 aliphatic heterocycles. The Hall–Kier alpha value is -1.39. The van der Waals surface area contributed by atoms with Crippen LogP contribution in [-0.2, 0) is 11.2 Å². The first kappa shape index (κ1) is 13.6. The third kappa shape index (κ3) is 2.58. The number of hydrogen-bond donors (Lipinski definition) is 2. The van der Waals surface area contributed by atoms with E-state index in [2.05, 4.69) is 16.3 Å². The molecule has 0 saturated carbocycles. The zero-order chi connectivity index (χ0) is 14.1. The Bertz CT molecular complexity index is 495. The number of aliphatic hydroxyl groups is 1. The first-order chi connectivity index (χ1) is 9.65. The minimum Gasteiger partial charge on any atom is -0.387 e. The van der Waals surface area contributed by atoms with Gasteiger partial charge in [-0.15, -0.1) is 0 Å². The van der Waals surface area contributed by atoms with Gasteiger partial charge < -0.3 is 10.4 Å². The number of aliphatic hydroxyl groups excluding tert-OH is 1. The minimum atomic E-state index is -0.372. The Morgan fingerprint density at radius 1 is 1.30 bits per heavy atom. The number of likely N-dealkylation sites (tertiary alicyclic amines) is 1. The molecule has 1 aliphatic carbocycles. The van der Waals surface area contributed by atoms with Crippen molar-refractivity contribution in [2.24, 2.45) is 0 Å². The van der Waals surface area contributed by atoms with Gasteiger partial charge in [0.1, 0.15) is 0 Å². The number of benzene rings is 1. The molecule has 108 valence electrons. The van der Waals surface area contributed by atoms with Gasteiger partial charge >= 0.3 is 0 Å². The maximum absolute atomic E-state index is 11.1. The van der Waals surface area contributed by atoms with Crippen LogP contribution in [0.4, 0.5) is 0 Å². The monoisotopic (exact) mass is 274 g/mol. The Balaban J connectivity index is 1.61. The van der Waals surface area contributed by atoms with Crippen LogP contribution in [-0.4, -0.2) is 41.1 Å². The third-order valence-corrected chi connectivity index (χ3v) is 4.57. The quantitative estimate of drug-likeness (QED) is 0.853.